The molecule has 2 fully saturated rings. The molecule has 0 bridgehead atoms. The normalized spacial score (nSPS) is 18.6. The molecule has 1 N–H and O–H groups in total. The van der Waals surface area contributed by atoms with Crippen LogP contribution in [0.1, 0.15) is 45.4 Å². The predicted octanol–water partition coefficient (Wildman–Crippen LogP) is 4.45. The number of nitrogens with zero attached hydrogens (tertiary/aromatic N) is 5. The number of carbonyl (C=O) groups is 1. The van der Waals surface area contributed by atoms with Crippen LogP contribution in [0.5, 0.6) is 0 Å². The van der Waals surface area contributed by atoms with E-state index in [9.17, 15) is 9.18 Å². The summed E-state index contributed by atoms with van der Waals surface area (Å²) in [5.74, 6) is 1.39. The molecule has 1 amide bonds. The molecule has 1 unspecified atom stereocenters. The van der Waals surface area contributed by atoms with Gasteiger partial charge in [0.1, 0.15) is 23.4 Å². The zero-order valence-electron chi connectivity index (χ0n) is 20.5. The van der Waals surface area contributed by atoms with Crippen LogP contribution in [0.2, 0.25) is 0 Å². The Labute approximate surface area is 206 Å². The first-order valence-corrected chi connectivity index (χ1v) is 12.9. The third-order valence-corrected chi connectivity index (χ3v) is 7.53. The van der Waals surface area contributed by atoms with Gasteiger partial charge in [0, 0.05) is 44.1 Å². The van der Waals surface area contributed by atoms with Gasteiger partial charge in [0.25, 0.3) is 0 Å². The third-order valence-electron chi connectivity index (χ3n) is 7.53. The standard InChI is InChI=1S/C27H35FN6O/c1-20(27(35)33-17-15-32(16-18-33)13-11-21-5-3-2-4-6-21)30-26-25(22-7-9-23(28)10-8-22)31-24-19-29-12-14-34(24)26/h7-10,12,14,19-21,30H,2-6,11,13,15-18H2,1H3. The fourth-order valence-corrected chi connectivity index (χ4v) is 5.43. The van der Waals surface area contributed by atoms with Crippen LogP contribution in [-0.2, 0) is 4.79 Å². The Morgan fingerprint density at radius 2 is 1.86 bits per heavy atom. The first-order valence-electron chi connectivity index (χ1n) is 12.9. The second-order valence-electron chi connectivity index (χ2n) is 9.95. The van der Waals surface area contributed by atoms with E-state index in [0.717, 1.165) is 44.2 Å². The number of imidazole rings is 1. The van der Waals surface area contributed by atoms with E-state index in [1.807, 2.05) is 22.4 Å². The maximum atomic E-state index is 13.5. The molecule has 1 atom stereocenters. The zero-order chi connectivity index (χ0) is 24.2. The minimum atomic E-state index is -0.420. The molecule has 2 aromatic heterocycles. The van der Waals surface area contributed by atoms with Gasteiger partial charge in [-0.1, -0.05) is 32.1 Å². The number of carbonyl (C=O) groups excluding carboxylic acids is 1. The fourth-order valence-electron chi connectivity index (χ4n) is 5.43. The summed E-state index contributed by atoms with van der Waals surface area (Å²) in [7, 11) is 0. The van der Waals surface area contributed by atoms with Crippen molar-refractivity contribution >= 4 is 17.4 Å². The zero-order valence-corrected chi connectivity index (χ0v) is 20.5. The summed E-state index contributed by atoms with van der Waals surface area (Å²) in [6, 6.07) is 5.83. The average molecular weight is 479 g/mol. The number of amides is 1. The van der Waals surface area contributed by atoms with Gasteiger partial charge < -0.3 is 10.2 Å². The van der Waals surface area contributed by atoms with Gasteiger partial charge >= 0.3 is 0 Å². The Hall–Kier alpha value is -3.00. The summed E-state index contributed by atoms with van der Waals surface area (Å²) in [5.41, 5.74) is 2.12. The monoisotopic (exact) mass is 478 g/mol. The van der Waals surface area contributed by atoms with E-state index in [-0.39, 0.29) is 11.7 Å². The van der Waals surface area contributed by atoms with Gasteiger partial charge in [0.2, 0.25) is 5.91 Å². The van der Waals surface area contributed by atoms with Crippen LogP contribution in [0.15, 0.2) is 42.9 Å². The molecule has 0 radical (unpaired) electrons. The van der Waals surface area contributed by atoms with Crippen molar-refractivity contribution in [2.45, 2.75) is 51.5 Å². The number of nitrogens with one attached hydrogen (secondary N) is 1. The molecule has 3 aromatic rings. The Balaban J connectivity index is 1.22. The first-order chi connectivity index (χ1) is 17.1. The molecule has 1 saturated carbocycles. The van der Waals surface area contributed by atoms with E-state index in [0.29, 0.717) is 17.2 Å². The van der Waals surface area contributed by atoms with Gasteiger partial charge in [0.05, 0.1) is 6.20 Å². The van der Waals surface area contributed by atoms with Crippen LogP contribution in [0.3, 0.4) is 0 Å². The van der Waals surface area contributed by atoms with Crippen LogP contribution in [0, 0.1) is 11.7 Å². The Morgan fingerprint density at radius 1 is 1.11 bits per heavy atom. The highest BCUT2D eigenvalue weighted by molar-refractivity contribution is 5.86. The van der Waals surface area contributed by atoms with Crippen molar-refractivity contribution in [1.29, 1.82) is 0 Å². The highest BCUT2D eigenvalue weighted by Gasteiger charge is 2.27. The minimum absolute atomic E-state index is 0.0889. The molecule has 8 heteroatoms. The maximum absolute atomic E-state index is 13.5. The first kappa shape index (κ1) is 23.7. The smallest absolute Gasteiger partial charge is 0.244 e. The van der Waals surface area contributed by atoms with Crippen molar-refractivity contribution < 1.29 is 9.18 Å². The van der Waals surface area contributed by atoms with Crippen molar-refractivity contribution in [1.82, 2.24) is 24.2 Å². The summed E-state index contributed by atoms with van der Waals surface area (Å²) in [6.45, 7) is 6.44. The van der Waals surface area contributed by atoms with E-state index >= 15 is 0 Å². The van der Waals surface area contributed by atoms with Crippen LogP contribution in [0.25, 0.3) is 16.9 Å². The quantitative estimate of drug-likeness (QED) is 0.544. The van der Waals surface area contributed by atoms with Crippen molar-refractivity contribution in [3.63, 3.8) is 0 Å². The fraction of sp³-hybridized carbons (Fsp3) is 0.519. The Bertz CT molecular complexity index is 1130. The van der Waals surface area contributed by atoms with E-state index in [2.05, 4.69) is 15.2 Å². The number of benzene rings is 1. The van der Waals surface area contributed by atoms with Crippen molar-refractivity contribution in [3.8, 4) is 11.3 Å². The molecule has 35 heavy (non-hydrogen) atoms. The molecule has 2 aliphatic rings. The second-order valence-corrected chi connectivity index (χ2v) is 9.95. The summed E-state index contributed by atoms with van der Waals surface area (Å²) in [6.07, 6.45) is 13.4. The lowest BCUT2D eigenvalue weighted by Gasteiger charge is -2.37. The van der Waals surface area contributed by atoms with E-state index in [1.165, 1.54) is 50.7 Å². The molecular weight excluding hydrogens is 443 g/mol. The summed E-state index contributed by atoms with van der Waals surface area (Å²) >= 11 is 0. The lowest BCUT2D eigenvalue weighted by molar-refractivity contribution is -0.133. The SMILES string of the molecule is CC(Nc1c(-c2ccc(F)cc2)nc2cnccn12)C(=O)N1CCN(CCC2CCCCC2)CC1. The lowest BCUT2D eigenvalue weighted by atomic mass is 9.87. The van der Waals surface area contributed by atoms with E-state index in [1.54, 1.807) is 24.5 Å². The summed E-state index contributed by atoms with van der Waals surface area (Å²) in [4.78, 5) is 26.7. The molecule has 1 aromatic carbocycles. The van der Waals surface area contributed by atoms with Gasteiger partial charge in [-0.05, 0) is 50.1 Å². The van der Waals surface area contributed by atoms with Crippen LogP contribution in [-0.4, -0.2) is 68.8 Å². The molecule has 1 saturated heterocycles. The number of rotatable bonds is 7. The number of hydrogen-bond acceptors (Lipinski definition) is 5. The van der Waals surface area contributed by atoms with Crippen molar-refractivity contribution in [3.05, 3.63) is 48.7 Å². The minimum Gasteiger partial charge on any atom is -0.358 e. The molecule has 7 nitrogen and oxygen atoms in total. The van der Waals surface area contributed by atoms with E-state index < -0.39 is 6.04 Å². The molecule has 3 heterocycles. The lowest BCUT2D eigenvalue weighted by Crippen LogP contribution is -2.52. The Morgan fingerprint density at radius 3 is 2.60 bits per heavy atom. The maximum Gasteiger partial charge on any atom is 0.244 e. The highest BCUT2D eigenvalue weighted by atomic mass is 19.1. The van der Waals surface area contributed by atoms with Crippen LogP contribution in [0.4, 0.5) is 10.2 Å². The second kappa shape index (κ2) is 10.7. The summed E-state index contributed by atoms with van der Waals surface area (Å²) < 4.78 is 15.4. The van der Waals surface area contributed by atoms with E-state index in [4.69, 9.17) is 4.98 Å². The molecule has 186 valence electrons. The van der Waals surface area contributed by atoms with Crippen LogP contribution >= 0.6 is 0 Å². The topological polar surface area (TPSA) is 65.8 Å². The predicted molar refractivity (Wildman–Crippen MR) is 136 cm³/mol. The number of anilines is 1. The average Bonchev–Trinajstić information content (AvgIpc) is 3.26. The highest BCUT2D eigenvalue weighted by Crippen LogP contribution is 2.30. The van der Waals surface area contributed by atoms with Gasteiger partial charge in [-0.2, -0.15) is 0 Å². The number of piperazine rings is 1. The third kappa shape index (κ3) is 5.48. The molecule has 0 spiro atoms. The molecule has 5 rings (SSSR count). The molecule has 1 aliphatic heterocycles. The number of fused-ring (bicyclic) bond motifs is 1. The molecular formula is C27H35FN6O. The van der Waals surface area contributed by atoms with Gasteiger partial charge in [0.15, 0.2) is 5.65 Å². The van der Waals surface area contributed by atoms with Gasteiger partial charge in [-0.25, -0.2) is 9.37 Å². The van der Waals surface area contributed by atoms with Crippen LogP contribution < -0.4 is 5.32 Å². The largest absolute Gasteiger partial charge is 0.358 e. The van der Waals surface area contributed by atoms with Gasteiger partial charge in [-0.15, -0.1) is 0 Å². The molecule has 1 aliphatic carbocycles. The van der Waals surface area contributed by atoms with Gasteiger partial charge in [-0.3, -0.25) is 19.1 Å². The van der Waals surface area contributed by atoms with Crippen molar-refractivity contribution in [2.75, 3.05) is 38.0 Å². The Kier molecular flexibility index (Phi) is 7.27. The number of aromatic nitrogens is 3. The number of hydrogen-bond donors (Lipinski definition) is 1. The summed E-state index contributed by atoms with van der Waals surface area (Å²) in [5, 5.41) is 3.40. The number of halogens is 1. The van der Waals surface area contributed by atoms with Crippen molar-refractivity contribution in [2.24, 2.45) is 5.92 Å².